The van der Waals surface area contributed by atoms with E-state index in [2.05, 4.69) is 5.32 Å². The van der Waals surface area contributed by atoms with E-state index in [0.717, 1.165) is 32.5 Å². The van der Waals surface area contributed by atoms with Gasteiger partial charge in [0.2, 0.25) is 5.91 Å². The Kier molecular flexibility index (Phi) is 10.4. The smallest absolute Gasteiger partial charge is 0.264 e. The van der Waals surface area contributed by atoms with Crippen molar-refractivity contribution in [3.8, 4) is 11.5 Å². The van der Waals surface area contributed by atoms with Gasteiger partial charge in [-0.1, -0.05) is 18.2 Å². The average Bonchev–Trinajstić information content (AvgIpc) is 2.89. The zero-order valence-corrected chi connectivity index (χ0v) is 23.6. The van der Waals surface area contributed by atoms with Gasteiger partial charge in [0.1, 0.15) is 12.4 Å². The Bertz CT molecular complexity index is 1330. The summed E-state index contributed by atoms with van der Waals surface area (Å²) in [5.41, 5.74) is 3.20. The van der Waals surface area contributed by atoms with Crippen molar-refractivity contribution in [2.24, 2.45) is 0 Å². The highest BCUT2D eigenvalue weighted by molar-refractivity contribution is 7.98. The van der Waals surface area contributed by atoms with E-state index in [0.29, 0.717) is 24.4 Å². The number of hydrogen-bond donors (Lipinski definition) is 1. The molecule has 204 valence electrons. The second-order valence-corrected chi connectivity index (χ2v) is 11.7. The molecule has 0 aliphatic carbocycles. The van der Waals surface area contributed by atoms with Crippen molar-refractivity contribution in [1.82, 2.24) is 5.32 Å². The standard InChI is InChI=1S/C28H33FN2O5S2/c1-20-14-21(2)16-24(15-20)31(38(33,34)25-10-11-26(35-3)27(17-25)36-4)18-28(32)30-12-5-13-37-19-22-6-8-23(29)9-7-22/h6-11,14-17H,5,12-13,18-19H2,1-4H3,(H,30,32). The summed E-state index contributed by atoms with van der Waals surface area (Å²) in [4.78, 5) is 12.9. The van der Waals surface area contributed by atoms with Crippen LogP contribution >= 0.6 is 11.8 Å². The molecule has 0 saturated heterocycles. The van der Waals surface area contributed by atoms with Gasteiger partial charge in [-0.2, -0.15) is 11.8 Å². The monoisotopic (exact) mass is 560 g/mol. The zero-order chi connectivity index (χ0) is 27.7. The van der Waals surface area contributed by atoms with E-state index in [1.165, 1.54) is 44.6 Å². The maximum Gasteiger partial charge on any atom is 0.264 e. The minimum atomic E-state index is -4.11. The molecular formula is C28H33FN2O5S2. The number of rotatable bonds is 13. The number of nitrogens with zero attached hydrogens (tertiary/aromatic N) is 1. The number of thioether (sulfide) groups is 1. The van der Waals surface area contributed by atoms with E-state index in [1.54, 1.807) is 36.0 Å². The van der Waals surface area contributed by atoms with Crippen LogP contribution in [0, 0.1) is 19.7 Å². The summed E-state index contributed by atoms with van der Waals surface area (Å²) >= 11 is 1.68. The topological polar surface area (TPSA) is 84.9 Å². The number of amides is 1. The van der Waals surface area contributed by atoms with Crippen LogP contribution in [-0.4, -0.2) is 47.4 Å². The third-order valence-electron chi connectivity index (χ3n) is 5.69. The fraction of sp³-hybridized carbons (Fsp3) is 0.321. The number of nitrogens with one attached hydrogen (secondary N) is 1. The maximum atomic E-state index is 13.8. The molecule has 0 saturated carbocycles. The minimum absolute atomic E-state index is 0.0145. The first kappa shape index (κ1) is 29.3. The molecule has 0 aromatic heterocycles. The molecule has 1 amide bonds. The average molecular weight is 561 g/mol. The Morgan fingerprint density at radius 2 is 1.61 bits per heavy atom. The van der Waals surface area contributed by atoms with Gasteiger partial charge >= 0.3 is 0 Å². The zero-order valence-electron chi connectivity index (χ0n) is 22.0. The first-order chi connectivity index (χ1) is 18.1. The van der Waals surface area contributed by atoms with E-state index in [1.807, 2.05) is 19.9 Å². The van der Waals surface area contributed by atoms with Crippen molar-refractivity contribution in [2.75, 3.05) is 37.4 Å². The van der Waals surface area contributed by atoms with Crippen LogP contribution in [0.3, 0.4) is 0 Å². The van der Waals surface area contributed by atoms with E-state index in [4.69, 9.17) is 9.47 Å². The maximum absolute atomic E-state index is 13.8. The lowest BCUT2D eigenvalue weighted by Gasteiger charge is -2.25. The molecule has 0 aliphatic heterocycles. The number of carbonyl (C=O) groups excluding carboxylic acids is 1. The molecule has 1 N–H and O–H groups in total. The number of benzene rings is 3. The van der Waals surface area contributed by atoms with E-state index in [-0.39, 0.29) is 23.0 Å². The van der Waals surface area contributed by atoms with Gasteiger partial charge in [-0.05, 0) is 79.1 Å². The summed E-state index contributed by atoms with van der Waals surface area (Å²) < 4.78 is 52.2. The molecule has 0 heterocycles. The molecule has 0 fully saturated rings. The van der Waals surface area contributed by atoms with Gasteiger partial charge in [0, 0.05) is 18.4 Å². The fourth-order valence-electron chi connectivity index (χ4n) is 3.87. The lowest BCUT2D eigenvalue weighted by atomic mass is 10.1. The molecule has 10 heteroatoms. The summed E-state index contributed by atoms with van der Waals surface area (Å²) in [6.45, 7) is 3.79. The minimum Gasteiger partial charge on any atom is -0.493 e. The number of aryl methyl sites for hydroxylation is 2. The summed E-state index contributed by atoms with van der Waals surface area (Å²) in [5, 5.41) is 2.83. The van der Waals surface area contributed by atoms with E-state index >= 15 is 0 Å². The van der Waals surface area contributed by atoms with Crippen molar-refractivity contribution < 1.29 is 27.1 Å². The Morgan fingerprint density at radius 3 is 2.24 bits per heavy atom. The van der Waals surface area contributed by atoms with E-state index < -0.39 is 15.9 Å². The first-order valence-corrected chi connectivity index (χ1v) is 14.7. The quantitative estimate of drug-likeness (QED) is 0.293. The molecule has 3 aromatic carbocycles. The number of halogens is 1. The van der Waals surface area contributed by atoms with Gasteiger partial charge in [-0.25, -0.2) is 12.8 Å². The van der Waals surface area contributed by atoms with Crippen molar-refractivity contribution in [3.63, 3.8) is 0 Å². The lowest BCUT2D eigenvalue weighted by molar-refractivity contribution is -0.119. The molecule has 0 spiro atoms. The van der Waals surface area contributed by atoms with Gasteiger partial charge in [0.15, 0.2) is 11.5 Å². The van der Waals surface area contributed by atoms with Crippen LogP contribution in [0.2, 0.25) is 0 Å². The highest BCUT2D eigenvalue weighted by atomic mass is 32.2. The van der Waals surface area contributed by atoms with Crippen LogP contribution < -0.4 is 19.1 Å². The predicted molar refractivity (Wildman–Crippen MR) is 150 cm³/mol. The SMILES string of the molecule is COc1ccc(S(=O)(=O)N(CC(=O)NCCCSCc2ccc(F)cc2)c2cc(C)cc(C)c2)cc1OC. The number of sulfonamides is 1. The Morgan fingerprint density at radius 1 is 0.947 bits per heavy atom. The number of anilines is 1. The third kappa shape index (κ3) is 7.88. The highest BCUT2D eigenvalue weighted by Gasteiger charge is 2.28. The molecular weight excluding hydrogens is 527 g/mol. The van der Waals surface area contributed by atoms with Crippen molar-refractivity contribution >= 4 is 33.4 Å². The van der Waals surface area contributed by atoms with E-state index in [9.17, 15) is 17.6 Å². The molecule has 0 bridgehead atoms. The summed E-state index contributed by atoms with van der Waals surface area (Å²) in [6, 6.07) is 16.2. The number of ether oxygens (including phenoxy) is 2. The Labute approximate surface area is 228 Å². The molecule has 0 atom stereocenters. The molecule has 0 aliphatic rings. The lowest BCUT2D eigenvalue weighted by Crippen LogP contribution is -2.41. The van der Waals surface area contributed by atoms with Crippen LogP contribution in [-0.2, 0) is 20.6 Å². The van der Waals surface area contributed by atoms with Gasteiger partial charge in [0.05, 0.1) is 24.8 Å². The normalized spacial score (nSPS) is 11.2. The van der Waals surface area contributed by atoms with Gasteiger partial charge < -0.3 is 14.8 Å². The summed E-state index contributed by atoms with van der Waals surface area (Å²) in [7, 11) is -1.20. The van der Waals surface area contributed by atoms with Gasteiger partial charge in [-0.15, -0.1) is 0 Å². The third-order valence-corrected chi connectivity index (χ3v) is 8.58. The number of carbonyl (C=O) groups is 1. The predicted octanol–water partition coefficient (Wildman–Crippen LogP) is 5.09. The summed E-state index contributed by atoms with van der Waals surface area (Å²) in [5.74, 6) is 1.55. The second-order valence-electron chi connectivity index (χ2n) is 8.76. The second kappa shape index (κ2) is 13.5. The number of hydrogen-bond acceptors (Lipinski definition) is 6. The van der Waals surface area contributed by atoms with Crippen LogP contribution in [0.5, 0.6) is 11.5 Å². The molecule has 0 radical (unpaired) electrons. The van der Waals surface area contributed by atoms with Crippen molar-refractivity contribution in [1.29, 1.82) is 0 Å². The molecule has 38 heavy (non-hydrogen) atoms. The van der Waals surface area contributed by atoms with Crippen molar-refractivity contribution in [2.45, 2.75) is 30.9 Å². The first-order valence-electron chi connectivity index (χ1n) is 12.1. The Balaban J connectivity index is 1.69. The van der Waals surface area contributed by atoms with Crippen molar-refractivity contribution in [3.05, 3.63) is 83.2 Å². The van der Waals surface area contributed by atoms with Gasteiger partial charge in [0.25, 0.3) is 10.0 Å². The fourth-order valence-corrected chi connectivity index (χ4v) is 6.21. The summed E-state index contributed by atoms with van der Waals surface area (Å²) in [6.07, 6.45) is 0.712. The van der Waals surface area contributed by atoms with Crippen LogP contribution in [0.4, 0.5) is 10.1 Å². The highest BCUT2D eigenvalue weighted by Crippen LogP contribution is 2.32. The molecule has 7 nitrogen and oxygen atoms in total. The molecule has 0 unspecified atom stereocenters. The molecule has 3 rings (SSSR count). The van der Waals surface area contributed by atoms with Crippen LogP contribution in [0.25, 0.3) is 0 Å². The Hall–Kier alpha value is -3.24. The van der Waals surface area contributed by atoms with Crippen LogP contribution in [0.1, 0.15) is 23.1 Å². The van der Waals surface area contributed by atoms with Gasteiger partial charge in [-0.3, -0.25) is 9.10 Å². The molecule has 3 aromatic rings. The van der Waals surface area contributed by atoms with Crippen LogP contribution in [0.15, 0.2) is 65.6 Å². The largest absolute Gasteiger partial charge is 0.493 e. The number of methoxy groups -OCH3 is 2.